The minimum atomic E-state index is -1.00. The summed E-state index contributed by atoms with van der Waals surface area (Å²) in [6, 6.07) is 23.4. The van der Waals surface area contributed by atoms with Gasteiger partial charge in [-0.1, -0.05) is 50.6 Å². The average Bonchev–Trinajstić information content (AvgIpc) is 3.43. The number of nitrogens with zero attached hydrogens (tertiary/aromatic N) is 3. The molecule has 0 bridgehead atoms. The van der Waals surface area contributed by atoms with Crippen LogP contribution in [0.3, 0.4) is 0 Å². The van der Waals surface area contributed by atoms with Gasteiger partial charge in [-0.3, -0.25) is 5.32 Å². The van der Waals surface area contributed by atoms with Crippen molar-refractivity contribution in [3.05, 3.63) is 101 Å². The Labute approximate surface area is 263 Å². The Morgan fingerprint density at radius 1 is 0.844 bits per heavy atom. The van der Waals surface area contributed by atoms with E-state index in [1.807, 2.05) is 61.5 Å². The topological polar surface area (TPSA) is 129 Å². The molecule has 1 aromatic heterocycles. The summed E-state index contributed by atoms with van der Waals surface area (Å²) in [5, 5.41) is 22.6. The molecule has 0 spiro atoms. The summed E-state index contributed by atoms with van der Waals surface area (Å²) in [6.07, 6.45) is 2.67. The quantitative estimate of drug-likeness (QED) is 0.175. The van der Waals surface area contributed by atoms with E-state index in [-0.39, 0.29) is 23.0 Å². The maximum Gasteiger partial charge on any atom is 0.335 e. The van der Waals surface area contributed by atoms with E-state index in [1.165, 1.54) is 17.7 Å². The van der Waals surface area contributed by atoms with E-state index < -0.39 is 5.97 Å². The fraction of sp³-hybridized carbons (Fsp3) is 0.314. The number of anilines is 3. The molecule has 10 nitrogen and oxygen atoms in total. The van der Waals surface area contributed by atoms with Crippen LogP contribution < -0.4 is 16.0 Å². The number of carboxylic acids is 1. The van der Waals surface area contributed by atoms with Crippen LogP contribution in [-0.2, 0) is 11.8 Å². The number of carbonyl (C=O) groups excluding carboxylic acids is 2. The first kappa shape index (κ1) is 31.3. The molecule has 0 unspecified atom stereocenters. The van der Waals surface area contributed by atoms with Crippen LogP contribution in [0.5, 0.6) is 0 Å². The first-order valence-corrected chi connectivity index (χ1v) is 15.2. The zero-order valence-corrected chi connectivity index (χ0v) is 26.1. The Morgan fingerprint density at radius 3 is 2.04 bits per heavy atom. The lowest BCUT2D eigenvalue weighted by molar-refractivity contribution is 0.0697. The number of rotatable bonds is 7. The van der Waals surface area contributed by atoms with Crippen molar-refractivity contribution < 1.29 is 19.5 Å². The van der Waals surface area contributed by atoms with Crippen molar-refractivity contribution in [1.29, 1.82) is 0 Å². The Morgan fingerprint density at radius 2 is 1.44 bits per heavy atom. The number of amides is 4. The number of piperidine rings is 1. The average molecular weight is 609 g/mol. The van der Waals surface area contributed by atoms with Crippen molar-refractivity contribution in [1.82, 2.24) is 14.7 Å². The van der Waals surface area contributed by atoms with E-state index in [0.29, 0.717) is 36.2 Å². The smallest absolute Gasteiger partial charge is 0.335 e. The number of aromatic carboxylic acids is 1. The molecule has 3 aromatic carbocycles. The van der Waals surface area contributed by atoms with Crippen molar-refractivity contribution in [3.63, 3.8) is 0 Å². The number of likely N-dealkylation sites (tertiary alicyclic amines) is 1. The summed E-state index contributed by atoms with van der Waals surface area (Å²) in [7, 11) is 0. The third kappa shape index (κ3) is 8.08. The van der Waals surface area contributed by atoms with Gasteiger partial charge in [0.05, 0.1) is 16.9 Å². The SMILES string of the molecule is Cc1ccc(-n2nc(C(C)(C)C)cc2NC(=O)Nc2ccc(CC3CCN(C(=O)Nc4ccc(C(=O)O)cc4)CC3)cc2)cc1. The van der Waals surface area contributed by atoms with E-state index >= 15 is 0 Å². The highest BCUT2D eigenvalue weighted by Crippen LogP contribution is 2.27. The Balaban J connectivity index is 1.12. The highest BCUT2D eigenvalue weighted by Gasteiger charge is 2.24. The van der Waals surface area contributed by atoms with Gasteiger partial charge in [0.2, 0.25) is 0 Å². The number of benzene rings is 3. The second-order valence-corrected chi connectivity index (χ2v) is 12.6. The van der Waals surface area contributed by atoms with Crippen LogP contribution in [0, 0.1) is 12.8 Å². The minimum absolute atomic E-state index is 0.178. The lowest BCUT2D eigenvalue weighted by Crippen LogP contribution is -2.41. The molecule has 4 N–H and O–H groups in total. The van der Waals surface area contributed by atoms with Gasteiger partial charge < -0.3 is 20.6 Å². The maximum absolute atomic E-state index is 13.0. The number of hydrogen-bond donors (Lipinski definition) is 4. The maximum atomic E-state index is 13.0. The predicted octanol–water partition coefficient (Wildman–Crippen LogP) is 7.31. The van der Waals surface area contributed by atoms with E-state index in [1.54, 1.807) is 21.7 Å². The van der Waals surface area contributed by atoms with Crippen molar-refractivity contribution >= 4 is 35.2 Å². The van der Waals surface area contributed by atoms with E-state index in [4.69, 9.17) is 10.2 Å². The monoisotopic (exact) mass is 608 g/mol. The Kier molecular flexibility index (Phi) is 9.22. The lowest BCUT2D eigenvalue weighted by atomic mass is 9.90. The van der Waals surface area contributed by atoms with Crippen LogP contribution in [-0.4, -0.2) is 50.9 Å². The summed E-state index contributed by atoms with van der Waals surface area (Å²) in [5.74, 6) is 0.0403. The summed E-state index contributed by atoms with van der Waals surface area (Å²) in [5.41, 5.74) is 5.33. The molecule has 0 saturated carbocycles. The number of nitrogens with one attached hydrogen (secondary N) is 3. The van der Waals surface area contributed by atoms with E-state index in [0.717, 1.165) is 36.2 Å². The highest BCUT2D eigenvalue weighted by molar-refractivity contribution is 5.99. The zero-order valence-electron chi connectivity index (χ0n) is 26.1. The minimum Gasteiger partial charge on any atom is -0.478 e. The third-order valence-corrected chi connectivity index (χ3v) is 8.02. The molecule has 5 rings (SSSR count). The van der Waals surface area contributed by atoms with Gasteiger partial charge in [-0.2, -0.15) is 5.10 Å². The number of carbonyl (C=O) groups is 3. The van der Waals surface area contributed by atoms with Gasteiger partial charge in [0.25, 0.3) is 0 Å². The number of aryl methyl sites for hydroxylation is 1. The summed E-state index contributed by atoms with van der Waals surface area (Å²) >= 11 is 0. The number of aromatic nitrogens is 2. The van der Waals surface area contributed by atoms with Gasteiger partial charge in [0.15, 0.2) is 0 Å². The standard InChI is InChI=1S/C35H40N6O4/c1-23-5-15-29(16-6-23)41-31(22-30(39-41)35(2,3)4)38-33(44)36-27-11-7-24(8-12-27)21-25-17-19-40(20-18-25)34(45)37-28-13-9-26(10-14-28)32(42)43/h5-16,22,25H,17-21H2,1-4H3,(H,37,45)(H,42,43)(H2,36,38,44). The van der Waals surface area contributed by atoms with E-state index in [2.05, 4.69) is 36.7 Å². The summed E-state index contributed by atoms with van der Waals surface area (Å²) < 4.78 is 1.76. The van der Waals surface area contributed by atoms with Gasteiger partial charge >= 0.3 is 18.0 Å². The molecule has 234 valence electrons. The predicted molar refractivity (Wildman–Crippen MR) is 177 cm³/mol. The van der Waals surface area contributed by atoms with Crippen LogP contribution in [0.25, 0.3) is 5.69 Å². The normalized spacial score (nSPS) is 13.7. The van der Waals surface area contributed by atoms with E-state index in [9.17, 15) is 14.4 Å². The van der Waals surface area contributed by atoms with Crippen molar-refractivity contribution in [2.75, 3.05) is 29.0 Å². The molecular weight excluding hydrogens is 568 g/mol. The van der Waals surface area contributed by atoms with Crippen molar-refractivity contribution in [3.8, 4) is 5.69 Å². The fourth-order valence-corrected chi connectivity index (χ4v) is 5.29. The first-order chi connectivity index (χ1) is 21.4. The van der Waals surface area contributed by atoms with Gasteiger partial charge in [0, 0.05) is 35.9 Å². The molecule has 4 aromatic rings. The van der Waals surface area contributed by atoms with Crippen LogP contribution in [0.4, 0.5) is 26.8 Å². The zero-order chi connectivity index (χ0) is 32.1. The summed E-state index contributed by atoms with van der Waals surface area (Å²) in [4.78, 5) is 38.5. The molecule has 45 heavy (non-hydrogen) atoms. The number of urea groups is 2. The number of carboxylic acid groups (broad SMARTS) is 1. The lowest BCUT2D eigenvalue weighted by Gasteiger charge is -2.32. The van der Waals surface area contributed by atoms with Gasteiger partial charge in [0.1, 0.15) is 5.82 Å². The molecule has 1 fully saturated rings. The molecule has 0 radical (unpaired) electrons. The third-order valence-electron chi connectivity index (χ3n) is 8.02. The molecule has 10 heteroatoms. The van der Waals surface area contributed by atoms with Crippen LogP contribution in [0.2, 0.25) is 0 Å². The molecule has 4 amide bonds. The second kappa shape index (κ2) is 13.3. The molecule has 2 heterocycles. The van der Waals surface area contributed by atoms with Gasteiger partial charge in [-0.25, -0.2) is 19.1 Å². The molecule has 1 saturated heterocycles. The van der Waals surface area contributed by atoms with Gasteiger partial charge in [-0.05, 0) is 86.2 Å². The second-order valence-electron chi connectivity index (χ2n) is 12.6. The fourth-order valence-electron chi connectivity index (χ4n) is 5.29. The molecule has 0 aliphatic carbocycles. The molecule has 0 atom stereocenters. The first-order valence-electron chi connectivity index (χ1n) is 15.2. The van der Waals surface area contributed by atoms with Crippen LogP contribution in [0.15, 0.2) is 78.9 Å². The van der Waals surface area contributed by atoms with Crippen molar-refractivity contribution in [2.24, 2.45) is 5.92 Å². The largest absolute Gasteiger partial charge is 0.478 e. The number of hydrogen-bond acceptors (Lipinski definition) is 4. The Hall–Kier alpha value is -5.12. The molecular formula is C35H40N6O4. The molecule has 1 aliphatic rings. The van der Waals surface area contributed by atoms with Crippen LogP contribution in [0.1, 0.15) is 60.8 Å². The van der Waals surface area contributed by atoms with Crippen LogP contribution >= 0.6 is 0 Å². The van der Waals surface area contributed by atoms with Crippen molar-refractivity contribution in [2.45, 2.75) is 52.4 Å². The Bertz CT molecular complexity index is 1650. The highest BCUT2D eigenvalue weighted by atomic mass is 16.4. The molecule has 1 aliphatic heterocycles. The summed E-state index contributed by atoms with van der Waals surface area (Å²) in [6.45, 7) is 9.61. The van der Waals surface area contributed by atoms with Gasteiger partial charge in [-0.15, -0.1) is 0 Å².